The molecule has 2 aromatic rings. The van der Waals surface area contributed by atoms with Gasteiger partial charge in [0.15, 0.2) is 0 Å². The molecule has 4 heteroatoms. The molecule has 2 aromatic carbocycles. The Balaban J connectivity index is 2.65. The fourth-order valence-corrected chi connectivity index (χ4v) is 1.90. The van der Waals surface area contributed by atoms with Gasteiger partial charge in [-0.15, -0.1) is 0 Å². The molecule has 0 aromatic heterocycles. The van der Waals surface area contributed by atoms with Gasteiger partial charge < -0.3 is 5.53 Å². The van der Waals surface area contributed by atoms with E-state index in [0.29, 0.717) is 11.8 Å². The number of rotatable bonds is 2. The quantitative estimate of drug-likeness (QED) is 0.360. The first-order valence-electron chi connectivity index (χ1n) is 4.61. The van der Waals surface area contributed by atoms with Gasteiger partial charge in [0.25, 0.3) is 0 Å². The first-order chi connectivity index (χ1) is 7.74. The number of aldehydes is 1. The molecule has 0 fully saturated rings. The fourth-order valence-electron chi connectivity index (χ4n) is 1.53. The van der Waals surface area contributed by atoms with E-state index in [1.807, 2.05) is 30.3 Å². The highest BCUT2D eigenvalue weighted by molar-refractivity contribution is 9.10. The van der Waals surface area contributed by atoms with Crippen LogP contribution in [-0.2, 0) is 4.79 Å². The van der Waals surface area contributed by atoms with Gasteiger partial charge in [-0.1, -0.05) is 28.1 Å². The number of benzene rings is 2. The summed E-state index contributed by atoms with van der Waals surface area (Å²) < 4.78 is 0.999. The zero-order valence-electron chi connectivity index (χ0n) is 8.22. The van der Waals surface area contributed by atoms with E-state index in [0.717, 1.165) is 15.2 Å². The second kappa shape index (κ2) is 4.39. The lowest BCUT2D eigenvalue weighted by atomic mass is 10.0. The molecule has 0 aliphatic carbocycles. The molecular weight excluding hydrogens is 268 g/mol. The van der Waals surface area contributed by atoms with Crippen LogP contribution in [0.3, 0.4) is 0 Å². The molecule has 0 heterocycles. The lowest BCUT2D eigenvalue weighted by Gasteiger charge is -1.99. The van der Waals surface area contributed by atoms with Crippen molar-refractivity contribution in [2.24, 2.45) is 0 Å². The predicted molar refractivity (Wildman–Crippen MR) is 65.4 cm³/mol. The van der Waals surface area contributed by atoms with Crippen LogP contribution >= 0.6 is 15.9 Å². The summed E-state index contributed by atoms with van der Waals surface area (Å²) in [4.78, 5) is 13.6. The summed E-state index contributed by atoms with van der Waals surface area (Å²) in [5.74, 6) is 0. The average Bonchev–Trinajstić information content (AvgIpc) is 2.31. The third-order valence-corrected chi connectivity index (χ3v) is 2.81. The standard InChI is InChI=1S/C12H7BrN2O/c13-11-4-3-8-5-10(12(7-16)15-14)2-1-9(8)6-11/h1-7H. The van der Waals surface area contributed by atoms with Gasteiger partial charge in [-0.05, 0) is 35.0 Å². The predicted octanol–water partition coefficient (Wildman–Crippen LogP) is 2.82. The van der Waals surface area contributed by atoms with Crippen molar-refractivity contribution in [2.45, 2.75) is 0 Å². The first kappa shape index (κ1) is 10.7. The Morgan fingerprint density at radius 3 is 2.56 bits per heavy atom. The number of hydrogen-bond acceptors (Lipinski definition) is 1. The molecule has 0 aliphatic heterocycles. The van der Waals surface area contributed by atoms with Crippen molar-refractivity contribution >= 4 is 38.7 Å². The molecule has 0 bridgehead atoms. The summed E-state index contributed by atoms with van der Waals surface area (Å²) >= 11 is 3.39. The summed E-state index contributed by atoms with van der Waals surface area (Å²) in [5, 5.41) is 2.05. The second-order valence-electron chi connectivity index (χ2n) is 3.31. The van der Waals surface area contributed by atoms with Crippen molar-refractivity contribution in [3.8, 4) is 0 Å². The maximum Gasteiger partial charge on any atom is 0.361 e. The van der Waals surface area contributed by atoms with Crippen LogP contribution in [0.15, 0.2) is 40.9 Å². The number of hydrogen-bond donors (Lipinski definition) is 0. The summed E-state index contributed by atoms with van der Waals surface area (Å²) in [7, 11) is 0. The third-order valence-electron chi connectivity index (χ3n) is 2.32. The highest BCUT2D eigenvalue weighted by atomic mass is 79.9. The Hall–Kier alpha value is -1.77. The van der Waals surface area contributed by atoms with Crippen LogP contribution in [0, 0.1) is 0 Å². The number of fused-ring (bicyclic) bond motifs is 1. The van der Waals surface area contributed by atoms with Gasteiger partial charge in [-0.3, -0.25) is 4.79 Å². The van der Waals surface area contributed by atoms with Crippen LogP contribution in [0.1, 0.15) is 5.56 Å². The minimum atomic E-state index is 0.0322. The van der Waals surface area contributed by atoms with E-state index in [4.69, 9.17) is 5.53 Å². The van der Waals surface area contributed by atoms with E-state index in [1.165, 1.54) is 0 Å². The lowest BCUT2D eigenvalue weighted by Crippen LogP contribution is -2.02. The molecule has 0 aliphatic rings. The SMILES string of the molecule is [N-]=[N+]=C(C=O)c1ccc2cc(Br)ccc2c1. The van der Waals surface area contributed by atoms with Crippen LogP contribution in [0.5, 0.6) is 0 Å². The normalized spacial score (nSPS) is 9.81. The molecule has 0 amide bonds. The Morgan fingerprint density at radius 2 is 1.88 bits per heavy atom. The summed E-state index contributed by atoms with van der Waals surface area (Å²) in [6, 6.07) is 11.3. The zero-order valence-corrected chi connectivity index (χ0v) is 9.81. The van der Waals surface area contributed by atoms with E-state index in [9.17, 15) is 4.79 Å². The minimum Gasteiger partial charge on any atom is -0.361 e. The van der Waals surface area contributed by atoms with Gasteiger partial charge in [-0.25, -0.2) is 0 Å². The molecule has 0 atom stereocenters. The van der Waals surface area contributed by atoms with Gasteiger partial charge in [0.2, 0.25) is 6.29 Å². The Labute approximate surface area is 100 Å². The third kappa shape index (κ3) is 1.94. The highest BCUT2D eigenvalue weighted by Crippen LogP contribution is 2.20. The molecule has 0 radical (unpaired) electrons. The van der Waals surface area contributed by atoms with Crippen LogP contribution < -0.4 is 0 Å². The van der Waals surface area contributed by atoms with Gasteiger partial charge in [0, 0.05) is 4.47 Å². The molecule has 16 heavy (non-hydrogen) atoms. The lowest BCUT2D eigenvalue weighted by molar-refractivity contribution is -0.106. The van der Waals surface area contributed by atoms with Crippen LogP contribution in [0.2, 0.25) is 0 Å². The van der Waals surface area contributed by atoms with Gasteiger partial charge in [0.05, 0.1) is 5.56 Å². The fraction of sp³-hybridized carbons (Fsp3) is 0. The smallest absolute Gasteiger partial charge is 0.361 e. The van der Waals surface area contributed by atoms with Crippen LogP contribution in [0.4, 0.5) is 0 Å². The van der Waals surface area contributed by atoms with Crippen molar-refractivity contribution in [1.29, 1.82) is 0 Å². The number of carbonyl (C=O) groups is 1. The minimum absolute atomic E-state index is 0.0322. The topological polar surface area (TPSA) is 53.5 Å². The van der Waals surface area contributed by atoms with Crippen LogP contribution in [-0.4, -0.2) is 16.8 Å². The van der Waals surface area contributed by atoms with E-state index < -0.39 is 0 Å². The van der Waals surface area contributed by atoms with Crippen LogP contribution in [0.25, 0.3) is 16.3 Å². The van der Waals surface area contributed by atoms with Gasteiger partial charge >= 0.3 is 5.71 Å². The molecule has 2 rings (SSSR count). The Bertz CT molecular complexity index is 615. The maximum absolute atomic E-state index is 10.6. The molecule has 3 nitrogen and oxygen atoms in total. The first-order valence-corrected chi connectivity index (χ1v) is 5.41. The Morgan fingerprint density at radius 1 is 1.19 bits per heavy atom. The van der Waals surface area contributed by atoms with Crippen molar-refractivity contribution < 1.29 is 9.58 Å². The largest absolute Gasteiger partial charge is 0.361 e. The molecule has 0 saturated carbocycles. The summed E-state index contributed by atoms with van der Waals surface area (Å²) in [5.41, 5.74) is 9.28. The second-order valence-corrected chi connectivity index (χ2v) is 4.23. The highest BCUT2D eigenvalue weighted by Gasteiger charge is 2.10. The monoisotopic (exact) mass is 274 g/mol. The molecule has 0 unspecified atom stereocenters. The van der Waals surface area contributed by atoms with Crippen molar-refractivity contribution in [2.75, 3.05) is 0 Å². The van der Waals surface area contributed by atoms with Crippen molar-refractivity contribution in [1.82, 2.24) is 0 Å². The number of carbonyl (C=O) groups excluding carboxylic acids is 1. The van der Waals surface area contributed by atoms with Crippen molar-refractivity contribution in [3.05, 3.63) is 52.0 Å². The molecule has 0 N–H and O–H groups in total. The maximum atomic E-state index is 10.6. The van der Waals surface area contributed by atoms with E-state index in [2.05, 4.69) is 20.7 Å². The van der Waals surface area contributed by atoms with E-state index >= 15 is 0 Å². The molecule has 0 spiro atoms. The summed E-state index contributed by atoms with van der Waals surface area (Å²) in [6.07, 6.45) is 0.528. The number of halogens is 1. The average molecular weight is 275 g/mol. The van der Waals surface area contributed by atoms with Gasteiger partial charge in [0.1, 0.15) is 0 Å². The van der Waals surface area contributed by atoms with Crippen molar-refractivity contribution in [3.63, 3.8) is 0 Å². The zero-order chi connectivity index (χ0) is 11.5. The molecular formula is C12H7BrN2O. The Kier molecular flexibility index (Phi) is 2.95. The molecule has 0 saturated heterocycles. The summed E-state index contributed by atoms with van der Waals surface area (Å²) in [6.45, 7) is 0. The van der Waals surface area contributed by atoms with Gasteiger partial charge in [-0.2, -0.15) is 4.79 Å². The van der Waals surface area contributed by atoms with E-state index in [1.54, 1.807) is 6.07 Å². The number of nitrogens with zero attached hydrogens (tertiary/aromatic N) is 2. The molecule has 78 valence electrons. The van der Waals surface area contributed by atoms with E-state index in [-0.39, 0.29) is 5.71 Å².